The molecule has 0 fully saturated rings. The molecular formula is C19H23Br. The van der Waals surface area contributed by atoms with Crippen molar-refractivity contribution in [3.8, 4) is 0 Å². The van der Waals surface area contributed by atoms with Crippen molar-refractivity contribution in [1.29, 1.82) is 0 Å². The predicted molar refractivity (Wildman–Crippen MR) is 91.4 cm³/mol. The Labute approximate surface area is 131 Å². The monoisotopic (exact) mass is 330 g/mol. The summed E-state index contributed by atoms with van der Waals surface area (Å²) < 4.78 is 0. The fourth-order valence-electron chi connectivity index (χ4n) is 2.63. The molecule has 0 heterocycles. The molecule has 1 atom stereocenters. The van der Waals surface area contributed by atoms with Gasteiger partial charge in [0.2, 0.25) is 0 Å². The van der Waals surface area contributed by atoms with Crippen LogP contribution in [0.15, 0.2) is 54.6 Å². The maximum absolute atomic E-state index is 3.86. The van der Waals surface area contributed by atoms with Crippen LogP contribution in [0.1, 0.15) is 48.2 Å². The molecule has 2 aromatic rings. The summed E-state index contributed by atoms with van der Waals surface area (Å²) in [6, 6.07) is 19.7. The fourth-order valence-corrected chi connectivity index (χ4v) is 3.68. The molecule has 0 aliphatic heterocycles. The van der Waals surface area contributed by atoms with E-state index in [-0.39, 0.29) is 0 Å². The van der Waals surface area contributed by atoms with Crippen LogP contribution in [0, 0.1) is 5.92 Å². The molecule has 0 spiro atoms. The number of hydrogen-bond donors (Lipinski definition) is 0. The molecule has 2 aromatic carbocycles. The van der Waals surface area contributed by atoms with E-state index >= 15 is 0 Å². The lowest BCUT2D eigenvalue weighted by atomic mass is 9.93. The zero-order valence-electron chi connectivity index (χ0n) is 12.4. The van der Waals surface area contributed by atoms with Gasteiger partial charge in [-0.15, -0.1) is 0 Å². The first-order valence-corrected chi connectivity index (χ1v) is 8.43. The molecule has 0 N–H and O–H groups in total. The minimum atomic E-state index is 0.475. The number of halogens is 1. The highest BCUT2D eigenvalue weighted by atomic mass is 79.9. The van der Waals surface area contributed by atoms with Gasteiger partial charge < -0.3 is 0 Å². The van der Waals surface area contributed by atoms with Crippen LogP contribution in [0.25, 0.3) is 0 Å². The minimum absolute atomic E-state index is 0.475. The zero-order chi connectivity index (χ0) is 14.4. The summed E-state index contributed by atoms with van der Waals surface area (Å²) in [5.41, 5.74) is 4.15. The summed E-state index contributed by atoms with van der Waals surface area (Å²) in [6.45, 7) is 4.54. The van der Waals surface area contributed by atoms with Crippen molar-refractivity contribution in [2.75, 3.05) is 0 Å². The number of benzene rings is 2. The molecule has 0 saturated carbocycles. The van der Waals surface area contributed by atoms with Gasteiger partial charge in [-0.05, 0) is 29.0 Å². The molecule has 0 aliphatic rings. The number of alkyl halides is 1. The standard InChI is InChI=1S/C19H23Br/c1-3-17(4-2)19(20)18-12-10-16(11-13-18)14-15-8-6-5-7-9-15/h5-13,17,19H,3-4,14H2,1-2H3. The third-order valence-corrected chi connectivity index (χ3v) is 5.29. The summed E-state index contributed by atoms with van der Waals surface area (Å²) >= 11 is 3.86. The van der Waals surface area contributed by atoms with Crippen molar-refractivity contribution >= 4 is 15.9 Å². The molecular weight excluding hydrogens is 308 g/mol. The summed E-state index contributed by atoms with van der Waals surface area (Å²) in [6.07, 6.45) is 3.45. The van der Waals surface area contributed by atoms with Crippen LogP contribution < -0.4 is 0 Å². The molecule has 106 valence electrons. The maximum atomic E-state index is 3.86. The van der Waals surface area contributed by atoms with Gasteiger partial charge in [-0.3, -0.25) is 0 Å². The normalized spacial score (nSPS) is 12.6. The fraction of sp³-hybridized carbons (Fsp3) is 0.368. The van der Waals surface area contributed by atoms with E-state index in [1.165, 1.54) is 29.5 Å². The van der Waals surface area contributed by atoms with Gasteiger partial charge in [-0.1, -0.05) is 97.2 Å². The molecule has 0 radical (unpaired) electrons. The average Bonchev–Trinajstić information content (AvgIpc) is 2.50. The molecule has 0 saturated heterocycles. The van der Waals surface area contributed by atoms with E-state index in [2.05, 4.69) is 84.4 Å². The minimum Gasteiger partial charge on any atom is -0.0836 e. The van der Waals surface area contributed by atoms with E-state index in [1.54, 1.807) is 0 Å². The average molecular weight is 331 g/mol. The van der Waals surface area contributed by atoms with Crippen LogP contribution in [0.3, 0.4) is 0 Å². The maximum Gasteiger partial charge on any atom is 0.0423 e. The molecule has 2 rings (SSSR count). The largest absolute Gasteiger partial charge is 0.0836 e. The van der Waals surface area contributed by atoms with E-state index < -0.39 is 0 Å². The SMILES string of the molecule is CCC(CC)C(Br)c1ccc(Cc2ccccc2)cc1. The molecule has 1 heteroatoms. The molecule has 0 nitrogen and oxygen atoms in total. The lowest BCUT2D eigenvalue weighted by Crippen LogP contribution is -2.05. The first-order valence-electron chi connectivity index (χ1n) is 7.51. The second-order valence-electron chi connectivity index (χ2n) is 5.38. The highest BCUT2D eigenvalue weighted by molar-refractivity contribution is 9.09. The Morgan fingerprint density at radius 3 is 1.90 bits per heavy atom. The third-order valence-electron chi connectivity index (χ3n) is 4.01. The van der Waals surface area contributed by atoms with Gasteiger partial charge in [0.05, 0.1) is 0 Å². The third kappa shape index (κ3) is 3.96. The van der Waals surface area contributed by atoms with Gasteiger partial charge in [0.15, 0.2) is 0 Å². The van der Waals surface area contributed by atoms with Crippen molar-refractivity contribution in [1.82, 2.24) is 0 Å². The van der Waals surface area contributed by atoms with Crippen molar-refractivity contribution < 1.29 is 0 Å². The second-order valence-corrected chi connectivity index (χ2v) is 6.37. The van der Waals surface area contributed by atoms with Crippen molar-refractivity contribution in [3.05, 3.63) is 71.3 Å². The quantitative estimate of drug-likeness (QED) is 0.557. The van der Waals surface area contributed by atoms with Crippen LogP contribution in [-0.2, 0) is 6.42 Å². The van der Waals surface area contributed by atoms with Crippen molar-refractivity contribution in [2.45, 2.75) is 37.9 Å². The molecule has 20 heavy (non-hydrogen) atoms. The van der Waals surface area contributed by atoms with Gasteiger partial charge in [0, 0.05) is 4.83 Å². The highest BCUT2D eigenvalue weighted by Gasteiger charge is 2.16. The summed E-state index contributed by atoms with van der Waals surface area (Å²) in [7, 11) is 0. The van der Waals surface area contributed by atoms with Crippen LogP contribution >= 0.6 is 15.9 Å². The van der Waals surface area contributed by atoms with Crippen molar-refractivity contribution in [2.24, 2.45) is 5.92 Å². The van der Waals surface area contributed by atoms with Gasteiger partial charge in [0.1, 0.15) is 0 Å². The van der Waals surface area contributed by atoms with Gasteiger partial charge >= 0.3 is 0 Å². The van der Waals surface area contributed by atoms with Gasteiger partial charge in [0.25, 0.3) is 0 Å². The topological polar surface area (TPSA) is 0 Å². The Morgan fingerprint density at radius 1 is 0.800 bits per heavy atom. The van der Waals surface area contributed by atoms with E-state index in [1.807, 2.05) is 0 Å². The Kier molecular flexibility index (Phi) is 5.85. The predicted octanol–water partition coefficient (Wildman–Crippen LogP) is 6.15. The first-order chi connectivity index (χ1) is 9.74. The zero-order valence-corrected chi connectivity index (χ0v) is 13.9. The lowest BCUT2D eigenvalue weighted by molar-refractivity contribution is 0.487. The molecule has 0 aliphatic carbocycles. The van der Waals surface area contributed by atoms with E-state index in [0.29, 0.717) is 4.83 Å². The first kappa shape index (κ1) is 15.3. The summed E-state index contributed by atoms with van der Waals surface area (Å²) in [5.74, 6) is 0.718. The Hall–Kier alpha value is -1.08. The van der Waals surface area contributed by atoms with Crippen LogP contribution in [-0.4, -0.2) is 0 Å². The highest BCUT2D eigenvalue weighted by Crippen LogP contribution is 2.35. The number of rotatable bonds is 6. The van der Waals surface area contributed by atoms with Gasteiger partial charge in [-0.2, -0.15) is 0 Å². The van der Waals surface area contributed by atoms with E-state index in [0.717, 1.165) is 12.3 Å². The van der Waals surface area contributed by atoms with E-state index in [9.17, 15) is 0 Å². The van der Waals surface area contributed by atoms with Crippen LogP contribution in [0.2, 0.25) is 0 Å². The smallest absolute Gasteiger partial charge is 0.0423 e. The van der Waals surface area contributed by atoms with Gasteiger partial charge in [-0.25, -0.2) is 0 Å². The lowest BCUT2D eigenvalue weighted by Gasteiger charge is -2.20. The Morgan fingerprint density at radius 2 is 1.35 bits per heavy atom. The molecule has 1 unspecified atom stereocenters. The number of hydrogen-bond acceptors (Lipinski definition) is 0. The van der Waals surface area contributed by atoms with Crippen LogP contribution in [0.5, 0.6) is 0 Å². The summed E-state index contributed by atoms with van der Waals surface area (Å²) in [4.78, 5) is 0.475. The molecule has 0 aromatic heterocycles. The van der Waals surface area contributed by atoms with Crippen LogP contribution in [0.4, 0.5) is 0 Å². The Bertz CT molecular complexity index is 497. The van der Waals surface area contributed by atoms with E-state index in [4.69, 9.17) is 0 Å². The Balaban J connectivity index is 2.06. The second kappa shape index (κ2) is 7.64. The molecule has 0 amide bonds. The molecule has 0 bridgehead atoms. The van der Waals surface area contributed by atoms with Crippen molar-refractivity contribution in [3.63, 3.8) is 0 Å². The summed E-state index contributed by atoms with van der Waals surface area (Å²) in [5, 5.41) is 0.